The van der Waals surface area contributed by atoms with Crippen LogP contribution in [0.2, 0.25) is 0 Å². The first-order chi connectivity index (χ1) is 8.21. The van der Waals surface area contributed by atoms with Crippen LogP contribution in [0.5, 0.6) is 5.75 Å². The Bertz CT molecular complexity index is 307. The standard InChI is InChI=1S/C14H23NO2/c1-5-14(15-3)12-6-8-13(9-7-12)17-11(2)10-16-4/h6-9,11,14-15H,5,10H2,1-4H3. The van der Waals surface area contributed by atoms with Crippen molar-refractivity contribution < 1.29 is 9.47 Å². The first-order valence-corrected chi connectivity index (χ1v) is 6.14. The Kier molecular flexibility index (Phi) is 6.01. The third kappa shape index (κ3) is 4.36. The average Bonchev–Trinajstić information content (AvgIpc) is 2.33. The Morgan fingerprint density at radius 2 is 1.88 bits per heavy atom. The van der Waals surface area contributed by atoms with Crippen molar-refractivity contribution in [1.29, 1.82) is 0 Å². The molecule has 1 aromatic carbocycles. The van der Waals surface area contributed by atoms with Crippen LogP contribution in [0.1, 0.15) is 31.9 Å². The number of nitrogens with one attached hydrogen (secondary N) is 1. The number of benzene rings is 1. The summed E-state index contributed by atoms with van der Waals surface area (Å²) in [4.78, 5) is 0. The Labute approximate surface area is 104 Å². The predicted octanol–water partition coefficient (Wildman–Crippen LogP) is 2.77. The van der Waals surface area contributed by atoms with Gasteiger partial charge >= 0.3 is 0 Å². The molecule has 1 aromatic rings. The van der Waals surface area contributed by atoms with Crippen molar-refractivity contribution in [2.24, 2.45) is 0 Å². The fourth-order valence-electron chi connectivity index (χ4n) is 1.89. The highest BCUT2D eigenvalue weighted by Gasteiger charge is 2.07. The lowest BCUT2D eigenvalue weighted by Crippen LogP contribution is -2.18. The van der Waals surface area contributed by atoms with Crippen LogP contribution in [0.25, 0.3) is 0 Å². The van der Waals surface area contributed by atoms with Gasteiger partial charge in [0.25, 0.3) is 0 Å². The zero-order valence-electron chi connectivity index (χ0n) is 11.2. The molecule has 0 aliphatic rings. The maximum atomic E-state index is 5.71. The van der Waals surface area contributed by atoms with Gasteiger partial charge < -0.3 is 14.8 Å². The van der Waals surface area contributed by atoms with Crippen LogP contribution >= 0.6 is 0 Å². The van der Waals surface area contributed by atoms with E-state index in [-0.39, 0.29) is 6.10 Å². The normalized spacial score (nSPS) is 14.4. The molecule has 2 atom stereocenters. The molecule has 0 saturated carbocycles. The fraction of sp³-hybridized carbons (Fsp3) is 0.571. The molecule has 0 aliphatic carbocycles. The molecular weight excluding hydrogens is 214 g/mol. The number of methoxy groups -OCH3 is 1. The predicted molar refractivity (Wildman–Crippen MR) is 70.5 cm³/mol. The molecule has 0 amide bonds. The van der Waals surface area contributed by atoms with Gasteiger partial charge in [0.15, 0.2) is 0 Å². The summed E-state index contributed by atoms with van der Waals surface area (Å²) in [5.41, 5.74) is 1.29. The van der Waals surface area contributed by atoms with E-state index in [2.05, 4.69) is 24.4 Å². The molecule has 1 N–H and O–H groups in total. The Morgan fingerprint density at radius 3 is 2.35 bits per heavy atom. The molecule has 0 bridgehead atoms. The molecule has 3 nitrogen and oxygen atoms in total. The van der Waals surface area contributed by atoms with Gasteiger partial charge in [0, 0.05) is 13.2 Å². The second-order valence-corrected chi connectivity index (χ2v) is 4.20. The molecule has 0 heterocycles. The minimum Gasteiger partial charge on any atom is -0.488 e. The van der Waals surface area contributed by atoms with Gasteiger partial charge in [-0.05, 0) is 38.1 Å². The Balaban J connectivity index is 2.61. The summed E-state index contributed by atoms with van der Waals surface area (Å²) in [6, 6.07) is 8.67. The molecule has 96 valence electrons. The number of hydrogen-bond donors (Lipinski definition) is 1. The van der Waals surface area contributed by atoms with E-state index in [1.54, 1.807) is 7.11 Å². The van der Waals surface area contributed by atoms with Gasteiger partial charge in [0.05, 0.1) is 6.61 Å². The van der Waals surface area contributed by atoms with Gasteiger partial charge in [0.2, 0.25) is 0 Å². The quantitative estimate of drug-likeness (QED) is 0.791. The van der Waals surface area contributed by atoms with Crippen LogP contribution in [0, 0.1) is 0 Å². The Hall–Kier alpha value is -1.06. The monoisotopic (exact) mass is 237 g/mol. The molecule has 0 aliphatic heterocycles. The average molecular weight is 237 g/mol. The highest BCUT2D eigenvalue weighted by atomic mass is 16.5. The van der Waals surface area contributed by atoms with Crippen LogP contribution < -0.4 is 10.1 Å². The number of rotatable bonds is 7. The second-order valence-electron chi connectivity index (χ2n) is 4.20. The van der Waals surface area contributed by atoms with Crippen molar-refractivity contribution in [2.45, 2.75) is 32.4 Å². The smallest absolute Gasteiger partial charge is 0.119 e. The largest absolute Gasteiger partial charge is 0.488 e. The van der Waals surface area contributed by atoms with Crippen molar-refractivity contribution in [3.63, 3.8) is 0 Å². The fourth-order valence-corrected chi connectivity index (χ4v) is 1.89. The van der Waals surface area contributed by atoms with Gasteiger partial charge in [-0.15, -0.1) is 0 Å². The third-order valence-corrected chi connectivity index (χ3v) is 2.78. The lowest BCUT2D eigenvalue weighted by molar-refractivity contribution is 0.0920. The zero-order valence-corrected chi connectivity index (χ0v) is 11.2. The molecule has 3 heteroatoms. The van der Waals surface area contributed by atoms with E-state index in [1.807, 2.05) is 26.1 Å². The van der Waals surface area contributed by atoms with E-state index in [4.69, 9.17) is 9.47 Å². The van der Waals surface area contributed by atoms with Crippen molar-refractivity contribution in [3.05, 3.63) is 29.8 Å². The van der Waals surface area contributed by atoms with E-state index >= 15 is 0 Å². The molecule has 0 fully saturated rings. The highest BCUT2D eigenvalue weighted by molar-refractivity contribution is 5.29. The lowest BCUT2D eigenvalue weighted by atomic mass is 10.0. The minimum absolute atomic E-state index is 0.0807. The van der Waals surface area contributed by atoms with Gasteiger partial charge in [-0.1, -0.05) is 19.1 Å². The molecule has 0 saturated heterocycles. The maximum absolute atomic E-state index is 5.71. The van der Waals surface area contributed by atoms with Crippen molar-refractivity contribution >= 4 is 0 Å². The molecule has 17 heavy (non-hydrogen) atoms. The van der Waals surface area contributed by atoms with E-state index < -0.39 is 0 Å². The van der Waals surface area contributed by atoms with Crippen molar-refractivity contribution in [1.82, 2.24) is 5.32 Å². The molecule has 2 unspecified atom stereocenters. The van der Waals surface area contributed by atoms with Crippen LogP contribution in [0.4, 0.5) is 0 Å². The zero-order chi connectivity index (χ0) is 12.7. The molecule has 0 radical (unpaired) electrons. The highest BCUT2D eigenvalue weighted by Crippen LogP contribution is 2.20. The SMILES string of the molecule is CCC(NC)c1ccc(OC(C)COC)cc1. The van der Waals surface area contributed by atoms with Crippen LogP contribution in [0.15, 0.2) is 24.3 Å². The third-order valence-electron chi connectivity index (χ3n) is 2.78. The van der Waals surface area contributed by atoms with Gasteiger partial charge in [-0.3, -0.25) is 0 Å². The van der Waals surface area contributed by atoms with E-state index in [0.29, 0.717) is 12.6 Å². The first-order valence-electron chi connectivity index (χ1n) is 6.14. The van der Waals surface area contributed by atoms with Crippen molar-refractivity contribution in [2.75, 3.05) is 20.8 Å². The molecular formula is C14H23NO2. The molecule has 0 spiro atoms. The summed E-state index contributed by atoms with van der Waals surface area (Å²) in [5, 5.41) is 3.29. The van der Waals surface area contributed by atoms with E-state index in [9.17, 15) is 0 Å². The second kappa shape index (κ2) is 7.30. The molecule has 0 aromatic heterocycles. The molecule has 1 rings (SSSR count). The van der Waals surface area contributed by atoms with Gasteiger partial charge in [-0.25, -0.2) is 0 Å². The maximum Gasteiger partial charge on any atom is 0.119 e. The number of ether oxygens (including phenoxy) is 2. The van der Waals surface area contributed by atoms with E-state index in [1.165, 1.54) is 5.56 Å². The minimum atomic E-state index is 0.0807. The van der Waals surface area contributed by atoms with Crippen LogP contribution in [-0.2, 0) is 4.74 Å². The summed E-state index contributed by atoms with van der Waals surface area (Å²) < 4.78 is 10.7. The van der Waals surface area contributed by atoms with Gasteiger partial charge in [-0.2, -0.15) is 0 Å². The summed E-state index contributed by atoms with van der Waals surface area (Å²) >= 11 is 0. The van der Waals surface area contributed by atoms with Crippen LogP contribution in [-0.4, -0.2) is 26.9 Å². The lowest BCUT2D eigenvalue weighted by Gasteiger charge is -2.16. The summed E-state index contributed by atoms with van der Waals surface area (Å²) in [6.07, 6.45) is 1.16. The van der Waals surface area contributed by atoms with Crippen molar-refractivity contribution in [3.8, 4) is 5.75 Å². The Morgan fingerprint density at radius 1 is 1.24 bits per heavy atom. The van der Waals surface area contributed by atoms with Gasteiger partial charge in [0.1, 0.15) is 11.9 Å². The number of hydrogen-bond acceptors (Lipinski definition) is 3. The summed E-state index contributed by atoms with van der Waals surface area (Å²) in [7, 11) is 3.67. The first kappa shape index (κ1) is 14.0. The summed E-state index contributed by atoms with van der Waals surface area (Å²) in [6.45, 7) is 4.78. The van der Waals surface area contributed by atoms with E-state index in [0.717, 1.165) is 12.2 Å². The van der Waals surface area contributed by atoms with Crippen LogP contribution in [0.3, 0.4) is 0 Å². The summed E-state index contributed by atoms with van der Waals surface area (Å²) in [5.74, 6) is 0.893. The topological polar surface area (TPSA) is 30.5 Å².